The van der Waals surface area contributed by atoms with Crippen LogP contribution in [-0.4, -0.2) is 23.1 Å². The molecule has 1 rings (SSSR count). The number of aromatic nitrogens is 1. The van der Waals surface area contributed by atoms with Gasteiger partial charge in [-0.1, -0.05) is 6.07 Å². The van der Waals surface area contributed by atoms with Gasteiger partial charge in [0, 0.05) is 13.0 Å². The van der Waals surface area contributed by atoms with E-state index in [0.717, 1.165) is 6.42 Å². The number of esters is 1. The van der Waals surface area contributed by atoms with Gasteiger partial charge in [0.05, 0.1) is 0 Å². The van der Waals surface area contributed by atoms with Crippen molar-refractivity contribution >= 4 is 11.8 Å². The number of pyridine rings is 1. The number of nitrogens with zero attached hydrogens (tertiary/aromatic N) is 1. The van der Waals surface area contributed by atoms with Gasteiger partial charge in [-0.2, -0.15) is 0 Å². The van der Waals surface area contributed by atoms with Crippen LogP contribution in [0.15, 0.2) is 18.2 Å². The Morgan fingerprint density at radius 2 is 2.16 bits per heavy atom. The minimum Gasteiger partial charge on any atom is -0.455 e. The quantitative estimate of drug-likeness (QED) is 0.514. The Bertz CT molecular complexity index is 493. The zero-order chi connectivity index (χ0) is 14.3. The number of nitrogens with one attached hydrogen (secondary N) is 1. The summed E-state index contributed by atoms with van der Waals surface area (Å²) in [5.74, 6) is 6.02. The summed E-state index contributed by atoms with van der Waals surface area (Å²) in [4.78, 5) is 16.1. The Balaban J connectivity index is 2.65. The third-order valence-corrected chi connectivity index (χ3v) is 2.09. The standard InChI is InChI=1S/C15H20N2O2/c1-5-6-7-11-16-13-10-8-9-12(17-13)14(18)19-15(2,3)4/h8-10H,7,11H2,1-4H3,(H,16,17). The van der Waals surface area contributed by atoms with Crippen molar-refractivity contribution in [3.8, 4) is 11.8 Å². The first-order valence-corrected chi connectivity index (χ1v) is 6.26. The average molecular weight is 260 g/mol. The van der Waals surface area contributed by atoms with E-state index in [9.17, 15) is 4.79 Å². The molecule has 0 aliphatic rings. The first kappa shape index (κ1) is 15.0. The summed E-state index contributed by atoms with van der Waals surface area (Å²) in [6.07, 6.45) is 0.745. The summed E-state index contributed by atoms with van der Waals surface area (Å²) in [6.45, 7) is 8.00. The molecule has 0 aromatic carbocycles. The van der Waals surface area contributed by atoms with E-state index in [-0.39, 0.29) is 0 Å². The lowest BCUT2D eigenvalue weighted by Crippen LogP contribution is -2.24. The number of ether oxygens (including phenoxy) is 1. The Hall–Kier alpha value is -2.02. The zero-order valence-electron chi connectivity index (χ0n) is 11.9. The maximum absolute atomic E-state index is 11.9. The third kappa shape index (κ3) is 5.91. The normalized spacial score (nSPS) is 10.3. The van der Waals surface area contributed by atoms with E-state index in [1.54, 1.807) is 19.1 Å². The number of anilines is 1. The van der Waals surface area contributed by atoms with Gasteiger partial charge in [0.1, 0.15) is 11.4 Å². The molecule has 1 aromatic rings. The molecule has 19 heavy (non-hydrogen) atoms. The predicted molar refractivity (Wildman–Crippen MR) is 76.0 cm³/mol. The second-order valence-corrected chi connectivity index (χ2v) is 5.01. The summed E-state index contributed by atoms with van der Waals surface area (Å²) in [5.41, 5.74) is -0.208. The summed E-state index contributed by atoms with van der Waals surface area (Å²) < 4.78 is 5.27. The second kappa shape index (κ2) is 6.79. The smallest absolute Gasteiger partial charge is 0.357 e. The molecule has 0 aliphatic carbocycles. The average Bonchev–Trinajstić information content (AvgIpc) is 2.33. The number of hydrogen-bond acceptors (Lipinski definition) is 4. The van der Waals surface area contributed by atoms with Crippen LogP contribution in [0.5, 0.6) is 0 Å². The van der Waals surface area contributed by atoms with Crippen LogP contribution in [0.3, 0.4) is 0 Å². The Kier molecular flexibility index (Phi) is 5.37. The maximum atomic E-state index is 11.9. The third-order valence-electron chi connectivity index (χ3n) is 2.09. The van der Waals surface area contributed by atoms with Crippen LogP contribution in [0, 0.1) is 11.8 Å². The fourth-order valence-corrected chi connectivity index (χ4v) is 1.36. The van der Waals surface area contributed by atoms with Gasteiger partial charge < -0.3 is 10.1 Å². The number of hydrogen-bond donors (Lipinski definition) is 1. The Morgan fingerprint density at radius 3 is 2.79 bits per heavy atom. The van der Waals surface area contributed by atoms with Gasteiger partial charge in [-0.25, -0.2) is 9.78 Å². The van der Waals surface area contributed by atoms with E-state index >= 15 is 0 Å². The Labute approximate surface area is 114 Å². The van der Waals surface area contributed by atoms with E-state index in [1.807, 2.05) is 26.8 Å². The largest absolute Gasteiger partial charge is 0.455 e. The molecular weight excluding hydrogens is 240 g/mol. The van der Waals surface area contributed by atoms with E-state index in [0.29, 0.717) is 18.1 Å². The minimum absolute atomic E-state index is 0.307. The molecule has 4 nitrogen and oxygen atoms in total. The SMILES string of the molecule is CC#CCCNc1cccc(C(=O)OC(C)(C)C)n1. The van der Waals surface area contributed by atoms with Gasteiger partial charge in [-0.05, 0) is 39.8 Å². The van der Waals surface area contributed by atoms with Gasteiger partial charge in [-0.3, -0.25) is 0 Å². The molecule has 0 spiro atoms. The molecular formula is C15H20N2O2. The molecule has 0 amide bonds. The van der Waals surface area contributed by atoms with Crippen LogP contribution < -0.4 is 5.32 Å². The highest BCUT2D eigenvalue weighted by atomic mass is 16.6. The van der Waals surface area contributed by atoms with Gasteiger partial charge in [-0.15, -0.1) is 11.8 Å². The molecule has 1 aromatic heterocycles. The van der Waals surface area contributed by atoms with Crippen LogP contribution in [0.25, 0.3) is 0 Å². The van der Waals surface area contributed by atoms with E-state index in [1.165, 1.54) is 0 Å². The van der Waals surface area contributed by atoms with E-state index in [2.05, 4.69) is 22.1 Å². The van der Waals surface area contributed by atoms with E-state index < -0.39 is 11.6 Å². The fourth-order valence-electron chi connectivity index (χ4n) is 1.36. The predicted octanol–water partition coefficient (Wildman–Crippen LogP) is 2.86. The van der Waals surface area contributed by atoms with Crippen LogP contribution in [0.2, 0.25) is 0 Å². The highest BCUT2D eigenvalue weighted by molar-refractivity contribution is 5.87. The van der Waals surface area contributed by atoms with Crippen LogP contribution >= 0.6 is 0 Å². The van der Waals surface area contributed by atoms with E-state index in [4.69, 9.17) is 4.74 Å². The maximum Gasteiger partial charge on any atom is 0.357 e. The van der Waals surface area contributed by atoms with Crippen molar-refractivity contribution in [2.45, 2.75) is 39.7 Å². The highest BCUT2D eigenvalue weighted by Gasteiger charge is 2.18. The molecule has 0 radical (unpaired) electrons. The lowest BCUT2D eigenvalue weighted by atomic mass is 10.2. The van der Waals surface area contributed by atoms with Gasteiger partial charge >= 0.3 is 5.97 Å². The molecule has 102 valence electrons. The molecule has 0 saturated carbocycles. The molecule has 4 heteroatoms. The molecule has 0 atom stereocenters. The van der Waals surface area contributed by atoms with Crippen molar-refractivity contribution in [2.75, 3.05) is 11.9 Å². The topological polar surface area (TPSA) is 51.2 Å². The first-order valence-electron chi connectivity index (χ1n) is 6.26. The fraction of sp³-hybridized carbons (Fsp3) is 0.467. The molecule has 0 bridgehead atoms. The molecule has 0 aliphatic heterocycles. The lowest BCUT2D eigenvalue weighted by Gasteiger charge is -2.19. The molecule has 0 saturated heterocycles. The first-order chi connectivity index (χ1) is 8.92. The van der Waals surface area contributed by atoms with Gasteiger partial charge in [0.2, 0.25) is 0 Å². The summed E-state index contributed by atoms with van der Waals surface area (Å²) in [6, 6.07) is 5.23. The highest BCUT2D eigenvalue weighted by Crippen LogP contribution is 2.12. The van der Waals surface area contributed by atoms with Crippen LogP contribution in [0.4, 0.5) is 5.82 Å². The minimum atomic E-state index is -0.515. The van der Waals surface area contributed by atoms with Crippen molar-refractivity contribution in [3.63, 3.8) is 0 Å². The molecule has 1 heterocycles. The lowest BCUT2D eigenvalue weighted by molar-refractivity contribution is 0.00630. The van der Waals surface area contributed by atoms with Crippen molar-refractivity contribution in [2.24, 2.45) is 0 Å². The monoisotopic (exact) mass is 260 g/mol. The number of carbonyl (C=O) groups is 1. The second-order valence-electron chi connectivity index (χ2n) is 5.01. The van der Waals surface area contributed by atoms with Crippen molar-refractivity contribution in [3.05, 3.63) is 23.9 Å². The van der Waals surface area contributed by atoms with Crippen molar-refractivity contribution in [1.29, 1.82) is 0 Å². The Morgan fingerprint density at radius 1 is 1.42 bits per heavy atom. The van der Waals surface area contributed by atoms with Gasteiger partial charge in [0.25, 0.3) is 0 Å². The number of carbonyl (C=O) groups excluding carboxylic acids is 1. The van der Waals surface area contributed by atoms with Gasteiger partial charge in [0.15, 0.2) is 5.69 Å². The molecule has 1 N–H and O–H groups in total. The molecule has 0 fully saturated rings. The summed E-state index contributed by atoms with van der Waals surface area (Å²) in [7, 11) is 0. The molecule has 0 unspecified atom stereocenters. The summed E-state index contributed by atoms with van der Waals surface area (Å²) in [5, 5.41) is 3.12. The van der Waals surface area contributed by atoms with Crippen molar-refractivity contribution in [1.82, 2.24) is 4.98 Å². The summed E-state index contributed by atoms with van der Waals surface area (Å²) >= 11 is 0. The van der Waals surface area contributed by atoms with Crippen LogP contribution in [-0.2, 0) is 4.74 Å². The zero-order valence-corrected chi connectivity index (χ0v) is 11.9. The van der Waals surface area contributed by atoms with Crippen molar-refractivity contribution < 1.29 is 9.53 Å². The number of rotatable bonds is 4. The van der Waals surface area contributed by atoms with Crippen LogP contribution in [0.1, 0.15) is 44.6 Å².